The quantitative estimate of drug-likeness (QED) is 0.462. The van der Waals surface area contributed by atoms with Crippen molar-refractivity contribution < 1.29 is 14.1 Å². The summed E-state index contributed by atoms with van der Waals surface area (Å²) in [6, 6.07) is 6.67. The molecule has 2 aliphatic heterocycles. The Morgan fingerprint density at radius 2 is 2.07 bits per heavy atom. The normalized spacial score (nSPS) is 20.1. The lowest BCUT2D eigenvalue weighted by atomic mass is 10.1. The third-order valence-corrected chi connectivity index (χ3v) is 6.06. The van der Waals surface area contributed by atoms with Crippen LogP contribution in [0.4, 0.5) is 10.2 Å². The van der Waals surface area contributed by atoms with Gasteiger partial charge in [-0.2, -0.15) is 13.5 Å². The molecule has 29 heavy (non-hydrogen) atoms. The highest BCUT2D eigenvalue weighted by atomic mass is 32.1. The van der Waals surface area contributed by atoms with E-state index in [1.165, 1.54) is 23.2 Å². The first kappa shape index (κ1) is 19.8. The molecule has 0 aliphatic carbocycles. The zero-order valence-corrected chi connectivity index (χ0v) is 17.3. The molecule has 3 aromatic rings. The van der Waals surface area contributed by atoms with E-state index in [0.717, 1.165) is 22.8 Å². The Bertz CT molecular complexity index is 1030. The molecule has 5 rings (SSSR count). The minimum Gasteiger partial charge on any atom is -0.436 e. The van der Waals surface area contributed by atoms with E-state index in [9.17, 15) is 14.5 Å². The third-order valence-electron chi connectivity index (χ3n) is 4.92. The molecule has 0 fully saturated rings. The van der Waals surface area contributed by atoms with Crippen LogP contribution in [0.1, 0.15) is 17.5 Å². The van der Waals surface area contributed by atoms with Crippen LogP contribution in [0.3, 0.4) is 0 Å². The van der Waals surface area contributed by atoms with Gasteiger partial charge in [-0.1, -0.05) is 0 Å². The van der Waals surface area contributed by atoms with Gasteiger partial charge in [0.05, 0.1) is 12.2 Å². The highest BCUT2D eigenvalue weighted by molar-refractivity contribution is 7.59. The Hall–Kier alpha value is -2.50. The number of aromatic nitrogens is 3. The van der Waals surface area contributed by atoms with Gasteiger partial charge in [0.2, 0.25) is 0 Å². The number of rotatable bonds is 4. The molecule has 0 bridgehead atoms. The molecule has 0 spiro atoms. The molecule has 152 valence electrons. The van der Waals surface area contributed by atoms with Crippen molar-refractivity contribution in [2.45, 2.75) is 32.2 Å². The zero-order chi connectivity index (χ0) is 19.5. The maximum atomic E-state index is 13.1. The molecular weight excluding hydrogens is 417 g/mol. The van der Waals surface area contributed by atoms with E-state index in [1.807, 2.05) is 6.92 Å². The van der Waals surface area contributed by atoms with Crippen molar-refractivity contribution in [2.75, 3.05) is 6.54 Å². The smallest absolute Gasteiger partial charge is 0.415 e. The molecule has 0 amide bonds. The van der Waals surface area contributed by atoms with Crippen molar-refractivity contribution in [3.63, 3.8) is 0 Å². The fourth-order valence-electron chi connectivity index (χ4n) is 3.77. The van der Waals surface area contributed by atoms with Crippen LogP contribution in [0.15, 0.2) is 30.5 Å². The molecule has 1 atom stereocenters. The SMILES string of the molecule is C[C@]1(CN2Cc3nc(-c4ccc(F)cc4)sc3C2)Cn2cc([N+](=O)[O-])nc2O1.S. The summed E-state index contributed by atoms with van der Waals surface area (Å²) in [5, 5.41) is 11.7. The maximum Gasteiger partial charge on any atom is 0.415 e. The molecule has 0 radical (unpaired) electrons. The van der Waals surface area contributed by atoms with Gasteiger partial charge in [0.15, 0.2) is 0 Å². The van der Waals surface area contributed by atoms with Crippen LogP contribution in [0, 0.1) is 15.9 Å². The van der Waals surface area contributed by atoms with Gasteiger partial charge < -0.3 is 14.9 Å². The van der Waals surface area contributed by atoms with Crippen LogP contribution in [0.5, 0.6) is 6.01 Å². The Kier molecular flexibility index (Phi) is 4.83. The lowest BCUT2D eigenvalue weighted by Gasteiger charge is -2.27. The van der Waals surface area contributed by atoms with Crippen molar-refractivity contribution in [3.8, 4) is 16.6 Å². The third kappa shape index (κ3) is 3.61. The lowest BCUT2D eigenvalue weighted by molar-refractivity contribution is -0.389. The summed E-state index contributed by atoms with van der Waals surface area (Å²) >= 11 is 1.63. The first-order chi connectivity index (χ1) is 13.4. The average molecular weight is 436 g/mol. The number of thiazole rings is 1. The second-order valence-corrected chi connectivity index (χ2v) is 8.44. The highest BCUT2D eigenvalue weighted by Crippen LogP contribution is 2.36. The molecule has 2 aliphatic rings. The van der Waals surface area contributed by atoms with Crippen LogP contribution in [0.2, 0.25) is 0 Å². The van der Waals surface area contributed by atoms with Crippen molar-refractivity contribution in [2.24, 2.45) is 0 Å². The van der Waals surface area contributed by atoms with Gasteiger partial charge in [-0.05, 0) is 36.1 Å². The van der Waals surface area contributed by atoms with E-state index in [1.54, 1.807) is 28.0 Å². The number of hydrogen-bond donors (Lipinski definition) is 0. The van der Waals surface area contributed by atoms with Crippen LogP contribution < -0.4 is 4.74 Å². The summed E-state index contributed by atoms with van der Waals surface area (Å²) in [5.74, 6) is -0.452. The fourth-order valence-corrected chi connectivity index (χ4v) is 4.88. The number of benzene rings is 1. The molecule has 0 saturated carbocycles. The first-order valence-corrected chi connectivity index (χ1v) is 9.58. The van der Waals surface area contributed by atoms with Gasteiger partial charge in [-0.15, -0.1) is 11.3 Å². The fraction of sp³-hybridized carbons (Fsp3) is 0.333. The van der Waals surface area contributed by atoms with E-state index in [-0.39, 0.29) is 25.1 Å². The topological polar surface area (TPSA) is 86.3 Å². The summed E-state index contributed by atoms with van der Waals surface area (Å²) in [4.78, 5) is 22.4. The van der Waals surface area contributed by atoms with Crippen LogP contribution >= 0.6 is 24.8 Å². The summed E-state index contributed by atoms with van der Waals surface area (Å²) in [6.07, 6.45) is 1.41. The van der Waals surface area contributed by atoms with Gasteiger partial charge in [0.25, 0.3) is 0 Å². The number of fused-ring (bicyclic) bond motifs is 2. The largest absolute Gasteiger partial charge is 0.436 e. The summed E-state index contributed by atoms with van der Waals surface area (Å²) in [6.45, 7) is 4.65. The molecule has 2 aromatic heterocycles. The molecule has 0 saturated heterocycles. The summed E-state index contributed by atoms with van der Waals surface area (Å²) in [5.41, 5.74) is 1.47. The van der Waals surface area contributed by atoms with Crippen LogP contribution in [-0.4, -0.2) is 36.5 Å². The second kappa shape index (κ2) is 7.08. The number of hydrogen-bond acceptors (Lipinski definition) is 7. The number of nitro groups is 1. The summed E-state index contributed by atoms with van der Waals surface area (Å²) in [7, 11) is 0. The van der Waals surface area contributed by atoms with Crippen molar-refractivity contribution in [1.82, 2.24) is 19.4 Å². The van der Waals surface area contributed by atoms with Crippen LogP contribution in [-0.2, 0) is 19.6 Å². The average Bonchev–Trinajstić information content (AvgIpc) is 3.33. The Morgan fingerprint density at radius 3 is 2.72 bits per heavy atom. The molecule has 0 N–H and O–H groups in total. The minimum absolute atomic E-state index is 0. The molecule has 0 unspecified atom stereocenters. The molecule has 11 heteroatoms. The zero-order valence-electron chi connectivity index (χ0n) is 15.5. The van der Waals surface area contributed by atoms with E-state index in [4.69, 9.17) is 9.72 Å². The number of halogens is 1. The van der Waals surface area contributed by atoms with E-state index >= 15 is 0 Å². The van der Waals surface area contributed by atoms with Crippen molar-refractivity contribution in [1.29, 1.82) is 0 Å². The van der Waals surface area contributed by atoms with Gasteiger partial charge >= 0.3 is 11.8 Å². The Labute approximate surface area is 176 Å². The number of ether oxygens (including phenoxy) is 1. The van der Waals surface area contributed by atoms with E-state index < -0.39 is 10.5 Å². The maximum absolute atomic E-state index is 13.1. The van der Waals surface area contributed by atoms with Gasteiger partial charge in [-0.3, -0.25) is 9.47 Å². The first-order valence-electron chi connectivity index (χ1n) is 8.76. The van der Waals surface area contributed by atoms with Gasteiger partial charge in [-0.25, -0.2) is 9.37 Å². The Morgan fingerprint density at radius 1 is 1.31 bits per heavy atom. The van der Waals surface area contributed by atoms with Gasteiger partial charge in [0, 0.05) is 35.1 Å². The number of nitrogens with zero attached hydrogens (tertiary/aromatic N) is 5. The predicted molar refractivity (Wildman–Crippen MR) is 110 cm³/mol. The standard InChI is InChI=1S/C18H16FN5O3S.H2S/c1-18(10-23-8-15(24(25)26)21-17(23)27-18)9-22-6-13-14(7-22)28-16(20-13)11-2-4-12(19)5-3-11;/h2-5,8H,6-7,9-10H2,1H3;1H2/t18-;/m0./s1. The minimum atomic E-state index is -0.519. The van der Waals surface area contributed by atoms with E-state index in [2.05, 4.69) is 9.88 Å². The van der Waals surface area contributed by atoms with Crippen LogP contribution in [0.25, 0.3) is 10.6 Å². The number of imidazole rings is 1. The molecular formula is C18H18FN5O3S2. The monoisotopic (exact) mass is 435 g/mol. The van der Waals surface area contributed by atoms with Gasteiger partial charge in [0.1, 0.15) is 22.6 Å². The molecule has 1 aromatic carbocycles. The predicted octanol–water partition coefficient (Wildman–Crippen LogP) is 3.33. The lowest BCUT2D eigenvalue weighted by Crippen LogP contribution is -2.43. The molecule has 8 nitrogen and oxygen atoms in total. The highest BCUT2D eigenvalue weighted by Gasteiger charge is 2.42. The van der Waals surface area contributed by atoms with Crippen molar-refractivity contribution in [3.05, 3.63) is 57.0 Å². The summed E-state index contributed by atoms with van der Waals surface area (Å²) < 4.78 is 20.7. The van der Waals surface area contributed by atoms with Crippen molar-refractivity contribution >= 4 is 30.7 Å². The second-order valence-electron chi connectivity index (χ2n) is 7.36. The molecule has 4 heterocycles. The van der Waals surface area contributed by atoms with E-state index in [0.29, 0.717) is 25.6 Å². The Balaban J connectivity index is 0.00000205.